The quantitative estimate of drug-likeness (QED) is 0.713. The summed E-state index contributed by atoms with van der Waals surface area (Å²) in [5.41, 5.74) is 1.21. The lowest BCUT2D eigenvalue weighted by atomic mass is 10.1. The van der Waals surface area contributed by atoms with Crippen molar-refractivity contribution < 1.29 is 4.79 Å². The zero-order chi connectivity index (χ0) is 12.0. The highest BCUT2D eigenvalue weighted by Gasteiger charge is 2.41. The lowest BCUT2D eigenvalue weighted by molar-refractivity contribution is -0.119. The molecule has 0 radical (unpaired) electrons. The van der Waals surface area contributed by atoms with Crippen LogP contribution in [0.15, 0.2) is 30.4 Å². The van der Waals surface area contributed by atoms with E-state index in [9.17, 15) is 4.79 Å². The summed E-state index contributed by atoms with van der Waals surface area (Å²) in [6.45, 7) is 0. The van der Waals surface area contributed by atoms with E-state index in [1.807, 2.05) is 12.1 Å². The van der Waals surface area contributed by atoms with E-state index in [0.717, 1.165) is 12.1 Å². The van der Waals surface area contributed by atoms with Gasteiger partial charge in [0.05, 0.1) is 22.5 Å². The van der Waals surface area contributed by atoms with E-state index in [2.05, 4.69) is 6.08 Å². The molecule has 0 N–H and O–H groups in total. The Kier molecular flexibility index (Phi) is 2.20. The van der Waals surface area contributed by atoms with Gasteiger partial charge in [-0.25, -0.2) is 0 Å². The van der Waals surface area contributed by atoms with Crippen LogP contribution >= 0.6 is 11.6 Å². The van der Waals surface area contributed by atoms with Gasteiger partial charge in [0.25, 0.3) is 0 Å². The molecule has 84 valence electrons. The molecule has 3 rings (SSSR count). The minimum absolute atomic E-state index is 0.0226. The average Bonchev–Trinajstić information content (AvgIpc) is 2.89. The van der Waals surface area contributed by atoms with Crippen LogP contribution in [-0.4, -0.2) is 11.9 Å². The van der Waals surface area contributed by atoms with Gasteiger partial charge in [-0.05, 0) is 24.6 Å². The molecule has 1 amide bonds. The van der Waals surface area contributed by atoms with Gasteiger partial charge in [-0.1, -0.05) is 23.8 Å². The number of carbonyl (C=O) groups is 1. The van der Waals surface area contributed by atoms with E-state index in [0.29, 0.717) is 10.6 Å². The van der Waals surface area contributed by atoms with Crippen molar-refractivity contribution in [3.63, 3.8) is 0 Å². The number of hydrogen-bond donors (Lipinski definition) is 0. The van der Waals surface area contributed by atoms with E-state index in [1.165, 1.54) is 0 Å². The van der Waals surface area contributed by atoms with Crippen molar-refractivity contribution in [2.75, 3.05) is 4.90 Å². The Morgan fingerprint density at radius 1 is 1.41 bits per heavy atom. The number of anilines is 1. The van der Waals surface area contributed by atoms with Crippen molar-refractivity contribution >= 4 is 23.2 Å². The molecular formula is C13H9ClN2O. The van der Waals surface area contributed by atoms with Gasteiger partial charge in [-0.2, -0.15) is 5.26 Å². The molecule has 1 heterocycles. The maximum Gasteiger partial charge on any atom is 0.234 e. The van der Waals surface area contributed by atoms with Crippen molar-refractivity contribution in [2.24, 2.45) is 5.92 Å². The normalized spacial score (nSPS) is 25.4. The predicted octanol–water partition coefficient (Wildman–Crippen LogP) is 2.50. The van der Waals surface area contributed by atoms with E-state index < -0.39 is 0 Å². The van der Waals surface area contributed by atoms with Crippen LogP contribution < -0.4 is 4.90 Å². The van der Waals surface area contributed by atoms with E-state index in [4.69, 9.17) is 16.9 Å². The highest BCUT2D eigenvalue weighted by Crippen LogP contribution is 2.37. The number of halogens is 1. The van der Waals surface area contributed by atoms with Gasteiger partial charge in [0.15, 0.2) is 0 Å². The summed E-state index contributed by atoms with van der Waals surface area (Å²) in [7, 11) is 0. The number of fused-ring (bicyclic) bond motifs is 2. The van der Waals surface area contributed by atoms with E-state index in [-0.39, 0.29) is 17.9 Å². The molecule has 1 aromatic rings. The number of amides is 1. The predicted molar refractivity (Wildman–Crippen MR) is 64.7 cm³/mol. The van der Waals surface area contributed by atoms with Gasteiger partial charge < -0.3 is 4.90 Å². The zero-order valence-corrected chi connectivity index (χ0v) is 9.69. The lowest BCUT2D eigenvalue weighted by Gasteiger charge is -2.24. The first-order valence-corrected chi connectivity index (χ1v) is 5.79. The van der Waals surface area contributed by atoms with Crippen molar-refractivity contribution in [2.45, 2.75) is 12.5 Å². The maximum atomic E-state index is 12.0. The molecule has 1 aromatic carbocycles. The molecule has 0 spiro atoms. The molecule has 3 nitrogen and oxygen atoms in total. The summed E-state index contributed by atoms with van der Waals surface area (Å²) in [6, 6.07) is 7.27. The monoisotopic (exact) mass is 244 g/mol. The molecule has 1 fully saturated rings. The van der Waals surface area contributed by atoms with Gasteiger partial charge >= 0.3 is 0 Å². The second kappa shape index (κ2) is 3.61. The van der Waals surface area contributed by atoms with Crippen LogP contribution in [0.4, 0.5) is 5.69 Å². The number of nitriles is 1. The fourth-order valence-electron chi connectivity index (χ4n) is 2.46. The van der Waals surface area contributed by atoms with E-state index in [1.54, 1.807) is 23.1 Å². The van der Waals surface area contributed by atoms with E-state index >= 15 is 0 Å². The van der Waals surface area contributed by atoms with Crippen molar-refractivity contribution in [1.82, 2.24) is 0 Å². The molecule has 1 aliphatic carbocycles. The summed E-state index contributed by atoms with van der Waals surface area (Å²) in [6.07, 6.45) is 4.88. The molecule has 17 heavy (non-hydrogen) atoms. The van der Waals surface area contributed by atoms with Gasteiger partial charge in [0, 0.05) is 5.69 Å². The van der Waals surface area contributed by atoms with Gasteiger partial charge in [0.1, 0.15) is 6.07 Å². The summed E-state index contributed by atoms with van der Waals surface area (Å²) in [4.78, 5) is 13.8. The zero-order valence-electron chi connectivity index (χ0n) is 8.93. The minimum atomic E-state index is 0.0226. The Labute approximate surface area is 104 Å². The molecule has 2 atom stereocenters. The topological polar surface area (TPSA) is 44.1 Å². The van der Waals surface area contributed by atoms with Gasteiger partial charge in [0.2, 0.25) is 5.91 Å². The Balaban J connectivity index is 2.01. The standard InChI is InChI=1S/C13H9ClN2O/c14-12-6-11(4-2-9(12)7-15)16-10-3-1-8(5-10)13(16)17/h1-4,6,8,10H,5H2. The average molecular weight is 245 g/mol. The van der Waals surface area contributed by atoms with Gasteiger partial charge in [-0.15, -0.1) is 0 Å². The fraction of sp³-hybridized carbons (Fsp3) is 0.231. The molecule has 0 aromatic heterocycles. The number of hydrogen-bond acceptors (Lipinski definition) is 2. The fourth-order valence-corrected chi connectivity index (χ4v) is 2.68. The van der Waals surface area contributed by atoms with Crippen LogP contribution in [0.2, 0.25) is 5.02 Å². The van der Waals surface area contributed by atoms with Crippen LogP contribution in [0.3, 0.4) is 0 Å². The summed E-state index contributed by atoms with van der Waals surface area (Å²) >= 11 is 5.98. The Morgan fingerprint density at radius 3 is 2.82 bits per heavy atom. The van der Waals surface area contributed by atoms with Gasteiger partial charge in [-0.3, -0.25) is 4.79 Å². The van der Waals surface area contributed by atoms with Crippen LogP contribution in [0.1, 0.15) is 12.0 Å². The number of carbonyl (C=O) groups excluding carboxylic acids is 1. The Morgan fingerprint density at radius 2 is 2.24 bits per heavy atom. The van der Waals surface area contributed by atoms with Crippen LogP contribution in [0.25, 0.3) is 0 Å². The highest BCUT2D eigenvalue weighted by molar-refractivity contribution is 6.32. The van der Waals surface area contributed by atoms with Crippen molar-refractivity contribution in [3.8, 4) is 6.07 Å². The van der Waals surface area contributed by atoms with Crippen molar-refractivity contribution in [3.05, 3.63) is 40.9 Å². The number of rotatable bonds is 1. The molecular weight excluding hydrogens is 236 g/mol. The third kappa shape index (κ3) is 1.45. The highest BCUT2D eigenvalue weighted by atomic mass is 35.5. The molecule has 2 bridgehead atoms. The first-order valence-electron chi connectivity index (χ1n) is 5.42. The van der Waals surface area contributed by atoms with Crippen LogP contribution in [0, 0.1) is 17.2 Å². The SMILES string of the molecule is N#Cc1ccc(N2C(=O)C3C=CC2C3)cc1Cl. The molecule has 0 saturated carbocycles. The summed E-state index contributed by atoms with van der Waals surface area (Å²) < 4.78 is 0. The number of nitrogens with zero attached hydrogens (tertiary/aromatic N) is 2. The number of benzene rings is 1. The Hall–Kier alpha value is -1.79. The smallest absolute Gasteiger partial charge is 0.234 e. The summed E-state index contributed by atoms with van der Waals surface area (Å²) in [5.74, 6) is 0.146. The molecule has 1 aliphatic heterocycles. The van der Waals surface area contributed by atoms with Crippen LogP contribution in [-0.2, 0) is 4.79 Å². The lowest BCUT2D eigenvalue weighted by Crippen LogP contribution is -2.34. The third-order valence-electron chi connectivity index (χ3n) is 3.30. The van der Waals surface area contributed by atoms with Crippen LogP contribution in [0.5, 0.6) is 0 Å². The molecule has 4 heteroatoms. The molecule has 2 unspecified atom stereocenters. The second-order valence-electron chi connectivity index (χ2n) is 4.28. The largest absolute Gasteiger partial charge is 0.305 e. The maximum absolute atomic E-state index is 12.0. The molecule has 1 saturated heterocycles. The minimum Gasteiger partial charge on any atom is -0.305 e. The summed E-state index contributed by atoms with van der Waals surface area (Å²) in [5, 5.41) is 9.20. The molecule has 2 aliphatic rings. The first-order chi connectivity index (χ1) is 8.20. The third-order valence-corrected chi connectivity index (χ3v) is 3.61. The van der Waals surface area contributed by atoms with Crippen molar-refractivity contribution in [1.29, 1.82) is 5.26 Å². The first kappa shape index (κ1) is 10.4. The second-order valence-corrected chi connectivity index (χ2v) is 4.69. The Bertz CT molecular complexity index is 573.